The van der Waals surface area contributed by atoms with Crippen molar-refractivity contribution in [2.75, 3.05) is 32.7 Å². The van der Waals surface area contributed by atoms with Gasteiger partial charge in [0, 0.05) is 56.8 Å². The first kappa shape index (κ1) is 19.7. The molecule has 0 spiro atoms. The molecule has 0 bridgehead atoms. The monoisotopic (exact) mass is 410 g/mol. The van der Waals surface area contributed by atoms with Crippen LogP contribution in [0.2, 0.25) is 5.02 Å². The first-order valence-corrected chi connectivity index (χ1v) is 10.1. The van der Waals surface area contributed by atoms with Crippen molar-refractivity contribution >= 4 is 28.6 Å². The van der Waals surface area contributed by atoms with Gasteiger partial charge in [-0.3, -0.25) is 9.80 Å². The van der Waals surface area contributed by atoms with Gasteiger partial charge in [0.05, 0.1) is 5.02 Å². The lowest BCUT2D eigenvalue weighted by Gasteiger charge is -2.34. The minimum absolute atomic E-state index is 0.0864. The molecule has 1 aliphatic rings. The Morgan fingerprint density at radius 1 is 1.03 bits per heavy atom. The summed E-state index contributed by atoms with van der Waals surface area (Å²) in [5.41, 5.74) is 2.03. The summed E-state index contributed by atoms with van der Waals surface area (Å²) in [5, 5.41) is 10.8. The van der Waals surface area contributed by atoms with Crippen molar-refractivity contribution in [1.29, 1.82) is 0 Å². The molecule has 5 nitrogen and oxygen atoms in total. The smallest absolute Gasteiger partial charge is 0.336 e. The van der Waals surface area contributed by atoms with Gasteiger partial charge in [0.25, 0.3) is 0 Å². The molecule has 4 rings (SSSR count). The summed E-state index contributed by atoms with van der Waals surface area (Å²) >= 11 is 6.06. The highest BCUT2D eigenvalue weighted by Gasteiger charge is 2.18. The van der Waals surface area contributed by atoms with E-state index in [-0.39, 0.29) is 10.8 Å². The summed E-state index contributed by atoms with van der Waals surface area (Å²) in [4.78, 5) is 16.7. The van der Waals surface area contributed by atoms with Gasteiger partial charge in [0.2, 0.25) is 0 Å². The first-order valence-electron chi connectivity index (χ1n) is 9.70. The molecule has 1 fully saturated rings. The third kappa shape index (κ3) is 4.88. The Hall–Kier alpha value is -2.60. The van der Waals surface area contributed by atoms with Crippen LogP contribution < -0.4 is 5.63 Å². The molecule has 29 heavy (non-hydrogen) atoms. The summed E-state index contributed by atoms with van der Waals surface area (Å²) in [6.07, 6.45) is 4.36. The molecule has 0 unspecified atom stereocenters. The Labute approximate surface area is 174 Å². The molecule has 1 aliphatic heterocycles. The lowest BCUT2D eigenvalue weighted by atomic mass is 10.1. The Morgan fingerprint density at radius 2 is 1.76 bits per heavy atom. The Kier molecular flexibility index (Phi) is 6.00. The number of piperazine rings is 1. The molecule has 150 valence electrons. The fourth-order valence-electron chi connectivity index (χ4n) is 3.64. The molecule has 0 amide bonds. The van der Waals surface area contributed by atoms with Crippen molar-refractivity contribution in [3.05, 3.63) is 81.2 Å². The van der Waals surface area contributed by atoms with Gasteiger partial charge >= 0.3 is 5.63 Å². The van der Waals surface area contributed by atoms with E-state index >= 15 is 0 Å². The molecule has 2 aromatic carbocycles. The second-order valence-electron chi connectivity index (χ2n) is 7.28. The van der Waals surface area contributed by atoms with Crippen molar-refractivity contribution in [3.8, 4) is 5.75 Å². The van der Waals surface area contributed by atoms with Crippen LogP contribution in [0, 0.1) is 0 Å². The van der Waals surface area contributed by atoms with Crippen LogP contribution in [0.4, 0.5) is 0 Å². The highest BCUT2D eigenvalue weighted by Crippen LogP contribution is 2.30. The van der Waals surface area contributed by atoms with Gasteiger partial charge in [-0.2, -0.15) is 0 Å². The highest BCUT2D eigenvalue weighted by molar-refractivity contribution is 6.32. The molecule has 6 heteroatoms. The second-order valence-corrected chi connectivity index (χ2v) is 7.69. The Balaban J connectivity index is 1.38. The zero-order valence-corrected chi connectivity index (χ0v) is 16.8. The summed E-state index contributed by atoms with van der Waals surface area (Å²) in [6, 6.07) is 14.9. The SMILES string of the molecule is O=c1cc(CN2CCN(CC=Cc3ccccc3)CC2)c2cc(Cl)c(O)cc2o1. The number of hydrogen-bond donors (Lipinski definition) is 1. The predicted octanol–water partition coefficient (Wildman–Crippen LogP) is 3.98. The highest BCUT2D eigenvalue weighted by atomic mass is 35.5. The summed E-state index contributed by atoms with van der Waals surface area (Å²) in [7, 11) is 0. The third-order valence-electron chi connectivity index (χ3n) is 5.23. The molecule has 3 aromatic rings. The fourth-order valence-corrected chi connectivity index (χ4v) is 3.80. The molecule has 1 saturated heterocycles. The van der Waals surface area contributed by atoms with Gasteiger partial charge in [-0.25, -0.2) is 4.79 Å². The zero-order valence-electron chi connectivity index (χ0n) is 16.1. The zero-order chi connectivity index (χ0) is 20.2. The van der Waals surface area contributed by atoms with Crippen LogP contribution in [0.5, 0.6) is 5.75 Å². The van der Waals surface area contributed by atoms with Crippen molar-refractivity contribution in [1.82, 2.24) is 9.80 Å². The van der Waals surface area contributed by atoms with Crippen LogP contribution in [-0.4, -0.2) is 47.6 Å². The topological polar surface area (TPSA) is 56.9 Å². The van der Waals surface area contributed by atoms with Crippen LogP contribution in [0.15, 0.2) is 63.8 Å². The number of phenols is 1. The van der Waals surface area contributed by atoms with Gasteiger partial charge in [-0.05, 0) is 17.2 Å². The standard InChI is InChI=1S/C23H23ClN2O3/c24-20-14-19-18(13-23(28)29-22(19)15-21(20)27)16-26-11-9-25(10-12-26)8-4-7-17-5-2-1-3-6-17/h1-7,13-15,27H,8-12,16H2. The first-order chi connectivity index (χ1) is 14.1. The normalized spacial score (nSPS) is 16.0. The number of benzene rings is 2. The summed E-state index contributed by atoms with van der Waals surface area (Å²) in [6.45, 7) is 5.37. The number of fused-ring (bicyclic) bond motifs is 1. The van der Waals surface area contributed by atoms with Crippen LogP contribution >= 0.6 is 11.6 Å². The fraction of sp³-hybridized carbons (Fsp3) is 0.261. The molecule has 0 saturated carbocycles. The molecule has 1 aromatic heterocycles. The van der Waals surface area contributed by atoms with E-state index < -0.39 is 5.63 Å². The average Bonchev–Trinajstić information content (AvgIpc) is 2.71. The quantitative estimate of drug-likeness (QED) is 0.645. The van der Waals surface area contributed by atoms with E-state index in [0.29, 0.717) is 12.1 Å². The second kappa shape index (κ2) is 8.82. The van der Waals surface area contributed by atoms with Gasteiger partial charge < -0.3 is 9.52 Å². The molecular weight excluding hydrogens is 388 g/mol. The molecule has 2 heterocycles. The van der Waals surface area contributed by atoms with E-state index in [1.54, 1.807) is 6.07 Å². The third-order valence-corrected chi connectivity index (χ3v) is 5.53. The van der Waals surface area contributed by atoms with Crippen LogP contribution in [0.25, 0.3) is 17.0 Å². The van der Waals surface area contributed by atoms with Crippen LogP contribution in [0.3, 0.4) is 0 Å². The van der Waals surface area contributed by atoms with Crippen LogP contribution in [-0.2, 0) is 6.54 Å². The largest absolute Gasteiger partial charge is 0.506 e. The maximum Gasteiger partial charge on any atom is 0.336 e. The molecule has 0 radical (unpaired) electrons. The van der Waals surface area contributed by atoms with E-state index in [9.17, 15) is 9.90 Å². The lowest BCUT2D eigenvalue weighted by molar-refractivity contribution is 0.137. The summed E-state index contributed by atoms with van der Waals surface area (Å²) < 4.78 is 5.22. The number of rotatable bonds is 5. The van der Waals surface area contributed by atoms with Gasteiger partial charge in [0.1, 0.15) is 11.3 Å². The van der Waals surface area contributed by atoms with Gasteiger partial charge in [-0.1, -0.05) is 54.1 Å². The van der Waals surface area contributed by atoms with Crippen molar-refractivity contribution < 1.29 is 9.52 Å². The Bertz CT molecular complexity index is 1070. The minimum Gasteiger partial charge on any atom is -0.506 e. The van der Waals surface area contributed by atoms with E-state index in [2.05, 4.69) is 34.1 Å². The lowest BCUT2D eigenvalue weighted by Crippen LogP contribution is -2.45. The van der Waals surface area contributed by atoms with Gasteiger partial charge in [0.15, 0.2) is 0 Å². The van der Waals surface area contributed by atoms with E-state index in [1.165, 1.54) is 17.7 Å². The molecular formula is C23H23ClN2O3. The number of phenolic OH excluding ortho intramolecular Hbond substituents is 1. The van der Waals surface area contributed by atoms with Crippen molar-refractivity contribution in [3.63, 3.8) is 0 Å². The molecule has 1 N–H and O–H groups in total. The molecule has 0 aliphatic carbocycles. The predicted molar refractivity (Wildman–Crippen MR) is 116 cm³/mol. The van der Waals surface area contributed by atoms with Crippen molar-refractivity contribution in [2.45, 2.75) is 6.54 Å². The minimum atomic E-state index is -0.418. The number of halogens is 1. The van der Waals surface area contributed by atoms with E-state index in [0.717, 1.165) is 43.7 Å². The van der Waals surface area contributed by atoms with Crippen molar-refractivity contribution in [2.24, 2.45) is 0 Å². The van der Waals surface area contributed by atoms with Gasteiger partial charge in [-0.15, -0.1) is 0 Å². The molecule has 0 atom stereocenters. The van der Waals surface area contributed by atoms with E-state index in [1.807, 2.05) is 18.2 Å². The maximum absolute atomic E-state index is 11.9. The summed E-state index contributed by atoms with van der Waals surface area (Å²) in [5.74, 6) is -0.0864. The number of hydrogen-bond acceptors (Lipinski definition) is 5. The van der Waals surface area contributed by atoms with E-state index in [4.69, 9.17) is 16.0 Å². The average molecular weight is 411 g/mol. The van der Waals surface area contributed by atoms with Crippen LogP contribution in [0.1, 0.15) is 11.1 Å². The maximum atomic E-state index is 11.9. The Morgan fingerprint density at radius 3 is 2.52 bits per heavy atom. The number of aromatic hydroxyl groups is 1. The number of nitrogens with zero attached hydrogens (tertiary/aromatic N) is 2.